The maximum Gasteiger partial charge on any atom is 0.331 e. The van der Waals surface area contributed by atoms with Gasteiger partial charge in [-0.2, -0.15) is 0 Å². The van der Waals surface area contributed by atoms with Crippen LogP contribution in [0.25, 0.3) is 0 Å². The molecular weight excluding hydrogens is 497 g/mol. The predicted molar refractivity (Wildman–Crippen MR) is 133 cm³/mol. The first kappa shape index (κ1) is 25.1. The molecule has 4 rings (SSSR count). The largest absolute Gasteiger partial charge is 0.490 e. The molecule has 0 atom stereocenters. The lowest BCUT2D eigenvalue weighted by Gasteiger charge is -2.41. The number of carbonyl (C=O) groups is 1. The second-order valence-electron chi connectivity index (χ2n) is 8.87. The van der Waals surface area contributed by atoms with E-state index in [9.17, 15) is 13.2 Å². The Morgan fingerprint density at radius 1 is 0.971 bits per heavy atom. The van der Waals surface area contributed by atoms with E-state index in [4.69, 9.17) is 27.9 Å². The molecular formula is C24H29Cl2N3O4S. The Kier molecular flexibility index (Phi) is 7.92. The maximum absolute atomic E-state index is 12.6. The van der Waals surface area contributed by atoms with Crippen molar-refractivity contribution < 1.29 is 17.9 Å². The second kappa shape index (κ2) is 10.7. The summed E-state index contributed by atoms with van der Waals surface area (Å²) in [6, 6.07) is 11.7. The number of carbonyl (C=O) groups excluding carboxylic acids is 1. The molecule has 1 N–H and O–H groups in total. The molecule has 0 radical (unpaired) electrons. The zero-order chi connectivity index (χ0) is 24.3. The smallest absolute Gasteiger partial charge is 0.331 e. The summed E-state index contributed by atoms with van der Waals surface area (Å²) in [5, 5.41) is 0.996. The monoisotopic (exact) mass is 525 g/mol. The van der Waals surface area contributed by atoms with Crippen molar-refractivity contribution in [1.82, 2.24) is 14.5 Å². The summed E-state index contributed by atoms with van der Waals surface area (Å²) in [5.41, 5.74) is 0.822. The SMILES string of the molecule is Cc1cccc(S(=O)(=O)NC(=O)N2CCC(N3CCC(Oc4ccc(Cl)c(Cl)c4)CC3)CC2)c1. The molecule has 0 aromatic heterocycles. The van der Waals surface area contributed by atoms with Crippen LogP contribution in [0.1, 0.15) is 31.2 Å². The third-order valence-corrected chi connectivity index (χ3v) is 8.52. The fourth-order valence-corrected chi connectivity index (χ4v) is 5.92. The van der Waals surface area contributed by atoms with Crippen molar-refractivity contribution in [2.45, 2.75) is 49.6 Å². The van der Waals surface area contributed by atoms with E-state index in [-0.39, 0.29) is 11.0 Å². The van der Waals surface area contributed by atoms with E-state index in [1.165, 1.54) is 6.07 Å². The summed E-state index contributed by atoms with van der Waals surface area (Å²) in [4.78, 5) is 16.7. The highest BCUT2D eigenvalue weighted by Crippen LogP contribution is 2.29. The molecule has 2 fully saturated rings. The maximum atomic E-state index is 12.6. The van der Waals surface area contributed by atoms with Crippen molar-refractivity contribution >= 4 is 39.3 Å². The molecule has 34 heavy (non-hydrogen) atoms. The van der Waals surface area contributed by atoms with E-state index in [1.54, 1.807) is 29.2 Å². The number of rotatable bonds is 5. The van der Waals surface area contributed by atoms with Gasteiger partial charge >= 0.3 is 6.03 Å². The van der Waals surface area contributed by atoms with Crippen molar-refractivity contribution in [1.29, 1.82) is 0 Å². The molecule has 2 aromatic rings. The first-order chi connectivity index (χ1) is 16.2. The number of likely N-dealkylation sites (tertiary alicyclic amines) is 2. The van der Waals surface area contributed by atoms with E-state index in [1.807, 2.05) is 19.1 Å². The van der Waals surface area contributed by atoms with Gasteiger partial charge in [0, 0.05) is 38.3 Å². The summed E-state index contributed by atoms with van der Waals surface area (Å²) in [5.74, 6) is 0.729. The van der Waals surface area contributed by atoms with Crippen LogP contribution in [0, 0.1) is 6.92 Å². The Balaban J connectivity index is 1.23. The van der Waals surface area contributed by atoms with Crippen molar-refractivity contribution in [2.75, 3.05) is 26.2 Å². The van der Waals surface area contributed by atoms with Crippen molar-refractivity contribution in [3.8, 4) is 5.75 Å². The van der Waals surface area contributed by atoms with Crippen LogP contribution in [0.4, 0.5) is 4.79 Å². The molecule has 10 heteroatoms. The third kappa shape index (κ3) is 6.16. The summed E-state index contributed by atoms with van der Waals surface area (Å²) in [6.07, 6.45) is 3.59. The molecule has 0 spiro atoms. The van der Waals surface area contributed by atoms with Crippen LogP contribution in [0.3, 0.4) is 0 Å². The number of hydrogen-bond acceptors (Lipinski definition) is 5. The van der Waals surface area contributed by atoms with E-state index in [2.05, 4.69) is 9.62 Å². The van der Waals surface area contributed by atoms with Crippen LogP contribution in [-0.2, 0) is 10.0 Å². The Hall–Kier alpha value is -2.00. The van der Waals surface area contributed by atoms with Gasteiger partial charge < -0.3 is 9.64 Å². The molecule has 2 heterocycles. The number of aryl methyl sites for hydroxylation is 1. The number of hydrogen-bond donors (Lipinski definition) is 1. The Morgan fingerprint density at radius 3 is 2.32 bits per heavy atom. The van der Waals surface area contributed by atoms with Crippen LogP contribution in [-0.4, -0.2) is 62.6 Å². The molecule has 0 bridgehead atoms. The summed E-state index contributed by atoms with van der Waals surface area (Å²) in [7, 11) is -3.88. The van der Waals surface area contributed by atoms with Crippen molar-refractivity contribution in [3.63, 3.8) is 0 Å². The minimum absolute atomic E-state index is 0.0988. The molecule has 0 aliphatic carbocycles. The number of ether oxygens (including phenoxy) is 1. The fraction of sp³-hybridized carbons (Fsp3) is 0.458. The summed E-state index contributed by atoms with van der Waals surface area (Å²) >= 11 is 12.0. The molecule has 2 amide bonds. The van der Waals surface area contributed by atoms with Crippen LogP contribution in [0.2, 0.25) is 10.0 Å². The molecule has 0 saturated carbocycles. The van der Waals surface area contributed by atoms with Crippen molar-refractivity contribution in [3.05, 3.63) is 58.1 Å². The number of urea groups is 1. The average molecular weight is 526 g/mol. The minimum atomic E-state index is -3.88. The molecule has 7 nitrogen and oxygen atoms in total. The molecule has 2 aliphatic rings. The molecule has 2 aliphatic heterocycles. The van der Waals surface area contributed by atoms with Crippen LogP contribution in [0.15, 0.2) is 47.4 Å². The molecule has 184 valence electrons. The Labute approximate surface area is 211 Å². The van der Waals surface area contributed by atoms with Crippen molar-refractivity contribution in [2.24, 2.45) is 0 Å². The van der Waals surface area contributed by atoms with Gasteiger partial charge in [0.15, 0.2) is 0 Å². The molecule has 0 unspecified atom stereocenters. The minimum Gasteiger partial charge on any atom is -0.490 e. The van der Waals surface area contributed by atoms with Crippen LogP contribution in [0.5, 0.6) is 5.75 Å². The van der Waals surface area contributed by atoms with E-state index < -0.39 is 16.1 Å². The highest BCUT2D eigenvalue weighted by Gasteiger charge is 2.31. The third-order valence-electron chi connectivity index (χ3n) is 6.46. The first-order valence-corrected chi connectivity index (χ1v) is 13.7. The van der Waals surface area contributed by atoms with Gasteiger partial charge in [-0.15, -0.1) is 0 Å². The topological polar surface area (TPSA) is 79.0 Å². The van der Waals surface area contributed by atoms with E-state index >= 15 is 0 Å². The van der Waals surface area contributed by atoms with Gasteiger partial charge in [-0.05, 0) is 62.4 Å². The number of nitrogens with zero attached hydrogens (tertiary/aromatic N) is 2. The Morgan fingerprint density at radius 2 is 1.68 bits per heavy atom. The second-order valence-corrected chi connectivity index (χ2v) is 11.4. The standard InChI is InChI=1S/C24H29Cl2N3O4S/c1-17-3-2-4-21(15-17)34(31,32)27-24(30)29-11-7-18(8-12-29)28-13-9-19(10-14-28)33-20-5-6-22(25)23(26)16-20/h2-6,15-16,18-19H,7-14H2,1H3,(H,27,30). The van der Waals surface area contributed by atoms with E-state index in [0.29, 0.717) is 29.2 Å². The van der Waals surface area contributed by atoms with E-state index in [0.717, 1.165) is 50.1 Å². The zero-order valence-corrected chi connectivity index (χ0v) is 21.4. The lowest BCUT2D eigenvalue weighted by molar-refractivity contribution is 0.0540. The average Bonchev–Trinajstić information content (AvgIpc) is 2.82. The van der Waals surface area contributed by atoms with Crippen LogP contribution >= 0.6 is 23.2 Å². The van der Waals surface area contributed by atoms with Gasteiger partial charge in [-0.3, -0.25) is 4.90 Å². The van der Waals surface area contributed by atoms with Gasteiger partial charge in [-0.25, -0.2) is 17.9 Å². The molecule has 2 saturated heterocycles. The van der Waals surface area contributed by atoms with Gasteiger partial charge in [0.1, 0.15) is 11.9 Å². The Bertz CT molecular complexity index is 1130. The number of amides is 2. The normalized spacial score (nSPS) is 18.6. The highest BCUT2D eigenvalue weighted by molar-refractivity contribution is 7.90. The van der Waals surface area contributed by atoms with Gasteiger partial charge in [0.25, 0.3) is 10.0 Å². The fourth-order valence-electron chi connectivity index (χ4n) is 4.56. The number of nitrogens with one attached hydrogen (secondary N) is 1. The van der Waals surface area contributed by atoms with Gasteiger partial charge in [0.2, 0.25) is 0 Å². The lowest BCUT2D eigenvalue weighted by Crippen LogP contribution is -2.52. The number of halogens is 2. The highest BCUT2D eigenvalue weighted by atomic mass is 35.5. The van der Waals surface area contributed by atoms with Crippen LogP contribution < -0.4 is 9.46 Å². The summed E-state index contributed by atoms with van der Waals surface area (Å²) < 4.78 is 33.4. The number of piperidine rings is 2. The zero-order valence-electron chi connectivity index (χ0n) is 19.0. The molecule has 2 aromatic carbocycles. The number of benzene rings is 2. The quantitative estimate of drug-likeness (QED) is 0.611. The van der Waals surface area contributed by atoms with Gasteiger partial charge in [0.05, 0.1) is 14.9 Å². The summed E-state index contributed by atoms with van der Waals surface area (Å²) in [6.45, 7) is 4.71. The lowest BCUT2D eigenvalue weighted by atomic mass is 9.99. The number of sulfonamides is 1. The predicted octanol–water partition coefficient (Wildman–Crippen LogP) is 4.71. The van der Waals surface area contributed by atoms with Gasteiger partial charge in [-0.1, -0.05) is 35.3 Å². The first-order valence-electron chi connectivity index (χ1n) is 11.5.